The van der Waals surface area contributed by atoms with Gasteiger partial charge in [0.25, 0.3) is 0 Å². The van der Waals surface area contributed by atoms with Gasteiger partial charge in [0.1, 0.15) is 0 Å². The topological polar surface area (TPSA) is 64.6 Å². The number of esters is 1. The Hall–Kier alpha value is -2.04. The fourth-order valence-electron chi connectivity index (χ4n) is 1.04. The van der Waals surface area contributed by atoms with Crippen LogP contribution in [-0.4, -0.2) is 26.3 Å². The third-order valence-corrected chi connectivity index (χ3v) is 1.75. The van der Waals surface area contributed by atoms with Crippen LogP contribution in [0, 0.1) is 0 Å². The predicted molar refractivity (Wildman–Crippen MR) is 53.8 cm³/mol. The van der Waals surface area contributed by atoms with Crippen LogP contribution in [-0.2, 0) is 9.47 Å². The highest BCUT2D eigenvalue weighted by molar-refractivity contribution is 5.99. The molecule has 0 saturated heterocycles. The summed E-state index contributed by atoms with van der Waals surface area (Å²) in [6.07, 6.45) is -0.633. The van der Waals surface area contributed by atoms with Crippen LogP contribution in [0.5, 0.6) is 0 Å². The number of carbonyl (C=O) groups excluding carboxylic acids is 2. The Kier molecular flexibility index (Phi) is 3.68. The van der Waals surface area contributed by atoms with Gasteiger partial charge in [0.2, 0.25) is 0 Å². The largest absolute Gasteiger partial charge is 0.465 e. The van der Waals surface area contributed by atoms with Crippen LogP contribution < -0.4 is 5.32 Å². The molecule has 0 aliphatic carbocycles. The number of methoxy groups -OCH3 is 2. The molecule has 0 saturated carbocycles. The number of carbonyl (C=O) groups is 2. The smallest absolute Gasteiger partial charge is 0.411 e. The molecule has 15 heavy (non-hydrogen) atoms. The number of rotatable bonds is 2. The van der Waals surface area contributed by atoms with E-state index in [1.807, 2.05) is 0 Å². The van der Waals surface area contributed by atoms with Gasteiger partial charge in [-0.05, 0) is 12.1 Å². The Bertz CT molecular complexity index is 375. The number of benzene rings is 1. The van der Waals surface area contributed by atoms with Gasteiger partial charge in [0, 0.05) is 0 Å². The maximum absolute atomic E-state index is 11.3. The molecular formula is C10H11NO4. The highest BCUT2D eigenvalue weighted by Crippen LogP contribution is 2.15. The van der Waals surface area contributed by atoms with Crippen molar-refractivity contribution < 1.29 is 19.1 Å². The third kappa shape index (κ3) is 2.70. The van der Waals surface area contributed by atoms with E-state index in [1.54, 1.807) is 24.3 Å². The summed E-state index contributed by atoms with van der Waals surface area (Å²) < 4.78 is 8.98. The van der Waals surface area contributed by atoms with E-state index in [4.69, 9.17) is 0 Å². The quantitative estimate of drug-likeness (QED) is 0.752. The number of para-hydroxylation sites is 1. The average molecular weight is 209 g/mol. The highest BCUT2D eigenvalue weighted by atomic mass is 16.5. The number of hydrogen-bond acceptors (Lipinski definition) is 4. The second kappa shape index (κ2) is 4.99. The Balaban J connectivity index is 2.96. The highest BCUT2D eigenvalue weighted by Gasteiger charge is 2.12. The third-order valence-electron chi connectivity index (χ3n) is 1.75. The van der Waals surface area contributed by atoms with E-state index >= 15 is 0 Å². The molecule has 1 rings (SSSR count). The summed E-state index contributed by atoms with van der Waals surface area (Å²) in [5.41, 5.74) is 0.640. The number of anilines is 1. The summed E-state index contributed by atoms with van der Waals surface area (Å²) in [6, 6.07) is 6.51. The first-order valence-electron chi connectivity index (χ1n) is 4.21. The molecule has 1 aromatic rings. The van der Waals surface area contributed by atoms with Gasteiger partial charge in [-0.2, -0.15) is 0 Å². The van der Waals surface area contributed by atoms with Gasteiger partial charge in [-0.25, -0.2) is 9.59 Å². The zero-order chi connectivity index (χ0) is 11.3. The maximum Gasteiger partial charge on any atom is 0.411 e. The molecule has 0 heterocycles. The van der Waals surface area contributed by atoms with Gasteiger partial charge in [0.15, 0.2) is 0 Å². The van der Waals surface area contributed by atoms with Crippen LogP contribution in [0.3, 0.4) is 0 Å². The van der Waals surface area contributed by atoms with Crippen molar-refractivity contribution >= 4 is 17.7 Å². The Morgan fingerprint density at radius 3 is 2.40 bits per heavy atom. The van der Waals surface area contributed by atoms with Crippen molar-refractivity contribution in [1.29, 1.82) is 0 Å². The first kappa shape index (κ1) is 11.0. The summed E-state index contributed by atoms with van der Waals surface area (Å²) in [7, 11) is 2.52. The molecule has 0 aromatic heterocycles. The van der Waals surface area contributed by atoms with Gasteiger partial charge in [-0.3, -0.25) is 5.32 Å². The lowest BCUT2D eigenvalue weighted by Crippen LogP contribution is -2.14. The average Bonchev–Trinajstić information content (AvgIpc) is 2.28. The van der Waals surface area contributed by atoms with Crippen molar-refractivity contribution in [3.63, 3.8) is 0 Å². The Labute approximate surface area is 87.0 Å². The first-order chi connectivity index (χ1) is 7.19. The van der Waals surface area contributed by atoms with Crippen molar-refractivity contribution in [2.75, 3.05) is 19.5 Å². The van der Waals surface area contributed by atoms with Crippen LogP contribution in [0.2, 0.25) is 0 Å². The van der Waals surface area contributed by atoms with Gasteiger partial charge in [-0.1, -0.05) is 12.1 Å². The fraction of sp³-hybridized carbons (Fsp3) is 0.200. The summed E-state index contributed by atoms with van der Waals surface area (Å²) in [5, 5.41) is 2.41. The van der Waals surface area contributed by atoms with Gasteiger partial charge < -0.3 is 9.47 Å². The SMILES string of the molecule is COC(=O)Nc1ccccc1C(=O)OC. The van der Waals surface area contributed by atoms with E-state index in [2.05, 4.69) is 14.8 Å². The van der Waals surface area contributed by atoms with E-state index in [0.717, 1.165) is 0 Å². The van der Waals surface area contributed by atoms with Crippen molar-refractivity contribution in [2.45, 2.75) is 0 Å². The van der Waals surface area contributed by atoms with Crippen LogP contribution in [0.1, 0.15) is 10.4 Å². The molecule has 0 spiro atoms. The van der Waals surface area contributed by atoms with Crippen molar-refractivity contribution in [3.8, 4) is 0 Å². The molecule has 5 heteroatoms. The van der Waals surface area contributed by atoms with Gasteiger partial charge >= 0.3 is 12.1 Å². The molecule has 0 radical (unpaired) electrons. The lowest BCUT2D eigenvalue weighted by atomic mass is 10.2. The van der Waals surface area contributed by atoms with E-state index < -0.39 is 12.1 Å². The summed E-state index contributed by atoms with van der Waals surface area (Å²) >= 11 is 0. The fourth-order valence-corrected chi connectivity index (χ4v) is 1.04. The van der Waals surface area contributed by atoms with E-state index in [1.165, 1.54) is 14.2 Å². The molecule has 0 aliphatic heterocycles. The maximum atomic E-state index is 11.3. The monoisotopic (exact) mass is 209 g/mol. The predicted octanol–water partition coefficient (Wildman–Crippen LogP) is 1.65. The van der Waals surface area contributed by atoms with E-state index in [0.29, 0.717) is 5.69 Å². The van der Waals surface area contributed by atoms with E-state index in [-0.39, 0.29) is 5.56 Å². The zero-order valence-corrected chi connectivity index (χ0v) is 8.44. The number of amides is 1. The normalized spacial score (nSPS) is 9.20. The van der Waals surface area contributed by atoms with Gasteiger partial charge in [0.05, 0.1) is 25.5 Å². The summed E-state index contributed by atoms with van der Waals surface area (Å²) in [5.74, 6) is -0.512. The molecule has 0 fully saturated rings. The van der Waals surface area contributed by atoms with Crippen molar-refractivity contribution in [2.24, 2.45) is 0 Å². The number of ether oxygens (including phenoxy) is 2. The minimum atomic E-state index is -0.633. The van der Waals surface area contributed by atoms with E-state index in [9.17, 15) is 9.59 Å². The molecule has 1 N–H and O–H groups in total. The number of hydrogen-bond donors (Lipinski definition) is 1. The lowest BCUT2D eigenvalue weighted by molar-refractivity contribution is 0.0602. The molecule has 0 aliphatic rings. The van der Waals surface area contributed by atoms with Crippen LogP contribution >= 0.6 is 0 Å². The number of nitrogens with one attached hydrogen (secondary N) is 1. The molecule has 5 nitrogen and oxygen atoms in total. The van der Waals surface area contributed by atoms with Gasteiger partial charge in [-0.15, -0.1) is 0 Å². The second-order valence-corrected chi connectivity index (χ2v) is 2.65. The van der Waals surface area contributed by atoms with Crippen LogP contribution in [0.15, 0.2) is 24.3 Å². The lowest BCUT2D eigenvalue weighted by Gasteiger charge is -2.07. The first-order valence-corrected chi connectivity index (χ1v) is 4.21. The standard InChI is InChI=1S/C10H11NO4/c1-14-9(12)7-5-3-4-6-8(7)11-10(13)15-2/h3-6H,1-2H3,(H,11,13). The van der Waals surface area contributed by atoms with Crippen LogP contribution in [0.4, 0.5) is 10.5 Å². The minimum absolute atomic E-state index is 0.283. The van der Waals surface area contributed by atoms with Crippen molar-refractivity contribution in [1.82, 2.24) is 0 Å². The molecule has 80 valence electrons. The Morgan fingerprint density at radius 1 is 1.13 bits per heavy atom. The molecular weight excluding hydrogens is 198 g/mol. The molecule has 0 unspecified atom stereocenters. The molecule has 1 amide bonds. The molecule has 0 bridgehead atoms. The Morgan fingerprint density at radius 2 is 1.80 bits per heavy atom. The summed E-state index contributed by atoms with van der Waals surface area (Å²) in [4.78, 5) is 22.2. The summed E-state index contributed by atoms with van der Waals surface area (Å²) in [6.45, 7) is 0. The van der Waals surface area contributed by atoms with Crippen molar-refractivity contribution in [3.05, 3.63) is 29.8 Å². The minimum Gasteiger partial charge on any atom is -0.465 e. The molecule has 1 aromatic carbocycles. The zero-order valence-electron chi connectivity index (χ0n) is 8.44. The van der Waals surface area contributed by atoms with Crippen LogP contribution in [0.25, 0.3) is 0 Å². The molecule has 0 atom stereocenters. The second-order valence-electron chi connectivity index (χ2n) is 2.65.